The first-order valence-electron chi connectivity index (χ1n) is 4.79. The summed E-state index contributed by atoms with van der Waals surface area (Å²) in [6.07, 6.45) is 0.295. The molecule has 0 aliphatic heterocycles. The molecule has 2 aromatic rings. The summed E-state index contributed by atoms with van der Waals surface area (Å²) in [5.74, 6) is 0. The first kappa shape index (κ1) is 12.2. The zero-order valence-electron chi connectivity index (χ0n) is 8.58. The highest BCUT2D eigenvalue weighted by atomic mass is 79.9. The Kier molecular flexibility index (Phi) is 3.24. The van der Waals surface area contributed by atoms with Crippen LogP contribution in [-0.2, 0) is 12.7 Å². The Morgan fingerprint density at radius 3 is 2.65 bits per heavy atom. The van der Waals surface area contributed by atoms with E-state index in [0.717, 1.165) is 6.07 Å². The molecule has 6 heteroatoms. The van der Waals surface area contributed by atoms with E-state index in [4.69, 9.17) is 0 Å². The fourth-order valence-corrected chi connectivity index (χ4v) is 2.04. The molecular formula is C11H8BrF3N2. The summed E-state index contributed by atoms with van der Waals surface area (Å²) in [6, 6.07) is 4.06. The Hall–Kier alpha value is -1.30. The molecule has 0 spiro atoms. The molecule has 90 valence electrons. The average molecular weight is 305 g/mol. The molecular weight excluding hydrogens is 297 g/mol. The summed E-state index contributed by atoms with van der Waals surface area (Å²) in [5.41, 5.74) is -0.418. The minimum Gasteiger partial charge on any atom is -0.333 e. The van der Waals surface area contributed by atoms with Gasteiger partial charge in [-0.05, 0) is 17.7 Å². The van der Waals surface area contributed by atoms with Gasteiger partial charge in [0.05, 0.1) is 18.4 Å². The molecule has 17 heavy (non-hydrogen) atoms. The van der Waals surface area contributed by atoms with E-state index in [1.54, 1.807) is 16.8 Å². The minimum absolute atomic E-state index is 0.135. The van der Waals surface area contributed by atoms with Crippen molar-refractivity contribution in [3.63, 3.8) is 0 Å². The smallest absolute Gasteiger partial charge is 0.333 e. The number of nitrogens with zero attached hydrogens (tertiary/aromatic N) is 2. The van der Waals surface area contributed by atoms with Gasteiger partial charge in [-0.25, -0.2) is 4.98 Å². The Labute approximate surface area is 104 Å². The SMILES string of the molecule is FC(F)(F)c1cccc(Br)c1Cn1ccnc1. The van der Waals surface area contributed by atoms with E-state index in [0.29, 0.717) is 4.47 Å². The number of imidazole rings is 1. The molecule has 2 rings (SSSR count). The van der Waals surface area contributed by atoms with Crippen LogP contribution in [0.5, 0.6) is 0 Å². The summed E-state index contributed by atoms with van der Waals surface area (Å²) in [4.78, 5) is 3.81. The van der Waals surface area contributed by atoms with Gasteiger partial charge in [0, 0.05) is 16.9 Å². The number of benzene rings is 1. The normalized spacial score (nSPS) is 11.8. The number of aromatic nitrogens is 2. The van der Waals surface area contributed by atoms with Crippen LogP contribution in [-0.4, -0.2) is 9.55 Å². The van der Waals surface area contributed by atoms with Crippen LogP contribution in [0.15, 0.2) is 41.4 Å². The van der Waals surface area contributed by atoms with Gasteiger partial charge in [-0.2, -0.15) is 13.2 Å². The van der Waals surface area contributed by atoms with Crippen LogP contribution in [0, 0.1) is 0 Å². The molecule has 0 amide bonds. The number of alkyl halides is 3. The third-order valence-electron chi connectivity index (χ3n) is 2.32. The average Bonchev–Trinajstić information content (AvgIpc) is 2.72. The van der Waals surface area contributed by atoms with Crippen LogP contribution >= 0.6 is 15.9 Å². The Balaban J connectivity index is 2.44. The molecule has 1 aromatic carbocycles. The molecule has 0 unspecified atom stereocenters. The maximum absolute atomic E-state index is 12.8. The van der Waals surface area contributed by atoms with Crippen LogP contribution in [0.2, 0.25) is 0 Å². The summed E-state index contributed by atoms with van der Waals surface area (Å²) in [6.45, 7) is 0.135. The molecule has 0 radical (unpaired) electrons. The van der Waals surface area contributed by atoms with Gasteiger partial charge in [-0.3, -0.25) is 0 Å². The number of rotatable bonds is 2. The van der Waals surface area contributed by atoms with Gasteiger partial charge >= 0.3 is 6.18 Å². The van der Waals surface area contributed by atoms with Crippen molar-refractivity contribution in [2.24, 2.45) is 0 Å². The lowest BCUT2D eigenvalue weighted by Gasteiger charge is -2.14. The molecule has 0 saturated heterocycles. The van der Waals surface area contributed by atoms with Gasteiger partial charge in [-0.1, -0.05) is 22.0 Å². The van der Waals surface area contributed by atoms with Crippen molar-refractivity contribution < 1.29 is 13.2 Å². The lowest BCUT2D eigenvalue weighted by atomic mass is 10.1. The Morgan fingerprint density at radius 2 is 2.06 bits per heavy atom. The second kappa shape index (κ2) is 4.52. The number of hydrogen-bond acceptors (Lipinski definition) is 1. The predicted molar refractivity (Wildman–Crippen MR) is 60.5 cm³/mol. The molecule has 2 nitrogen and oxygen atoms in total. The van der Waals surface area contributed by atoms with E-state index in [2.05, 4.69) is 20.9 Å². The highest BCUT2D eigenvalue weighted by molar-refractivity contribution is 9.10. The van der Waals surface area contributed by atoms with Crippen LogP contribution < -0.4 is 0 Å². The van der Waals surface area contributed by atoms with Gasteiger partial charge in [0.15, 0.2) is 0 Å². The van der Waals surface area contributed by atoms with E-state index >= 15 is 0 Å². The number of hydrogen-bond donors (Lipinski definition) is 0. The molecule has 0 atom stereocenters. The van der Waals surface area contributed by atoms with E-state index in [-0.39, 0.29) is 12.1 Å². The van der Waals surface area contributed by atoms with E-state index in [1.165, 1.54) is 18.6 Å². The van der Waals surface area contributed by atoms with Crippen LogP contribution in [0.3, 0.4) is 0 Å². The van der Waals surface area contributed by atoms with Crippen LogP contribution in [0.1, 0.15) is 11.1 Å². The van der Waals surface area contributed by atoms with Crippen molar-refractivity contribution in [1.82, 2.24) is 9.55 Å². The second-order valence-electron chi connectivity index (χ2n) is 3.50. The quantitative estimate of drug-likeness (QED) is 0.827. The summed E-state index contributed by atoms with van der Waals surface area (Å²) >= 11 is 3.15. The highest BCUT2D eigenvalue weighted by Crippen LogP contribution is 2.35. The summed E-state index contributed by atoms with van der Waals surface area (Å²) < 4.78 is 40.5. The van der Waals surface area contributed by atoms with E-state index in [9.17, 15) is 13.2 Å². The van der Waals surface area contributed by atoms with Crippen LogP contribution in [0.25, 0.3) is 0 Å². The van der Waals surface area contributed by atoms with Gasteiger partial charge < -0.3 is 4.57 Å². The fourth-order valence-electron chi connectivity index (χ4n) is 1.55. The third-order valence-corrected chi connectivity index (χ3v) is 3.07. The second-order valence-corrected chi connectivity index (χ2v) is 4.35. The van der Waals surface area contributed by atoms with Gasteiger partial charge in [0.25, 0.3) is 0 Å². The van der Waals surface area contributed by atoms with Crippen LogP contribution in [0.4, 0.5) is 13.2 Å². The first-order chi connectivity index (χ1) is 7.98. The van der Waals surface area contributed by atoms with Crippen molar-refractivity contribution >= 4 is 15.9 Å². The topological polar surface area (TPSA) is 17.8 Å². The highest BCUT2D eigenvalue weighted by Gasteiger charge is 2.33. The third kappa shape index (κ3) is 2.69. The Bertz CT molecular complexity index is 506. The molecule has 0 N–H and O–H groups in total. The predicted octanol–water partition coefficient (Wildman–Crippen LogP) is 3.71. The van der Waals surface area contributed by atoms with Gasteiger partial charge in [-0.15, -0.1) is 0 Å². The van der Waals surface area contributed by atoms with E-state index in [1.807, 2.05) is 0 Å². The molecule has 0 aliphatic carbocycles. The fraction of sp³-hybridized carbons (Fsp3) is 0.182. The van der Waals surface area contributed by atoms with Crippen molar-refractivity contribution in [3.05, 3.63) is 52.5 Å². The molecule has 0 bridgehead atoms. The summed E-state index contributed by atoms with van der Waals surface area (Å²) in [7, 11) is 0. The monoisotopic (exact) mass is 304 g/mol. The van der Waals surface area contributed by atoms with Gasteiger partial charge in [0.2, 0.25) is 0 Å². The maximum atomic E-state index is 12.8. The maximum Gasteiger partial charge on any atom is 0.416 e. The minimum atomic E-state index is -4.35. The molecule has 0 fully saturated rings. The van der Waals surface area contributed by atoms with Crippen molar-refractivity contribution in [2.45, 2.75) is 12.7 Å². The molecule has 0 aliphatic rings. The lowest BCUT2D eigenvalue weighted by molar-refractivity contribution is -0.138. The Morgan fingerprint density at radius 1 is 1.29 bits per heavy atom. The van der Waals surface area contributed by atoms with Crippen molar-refractivity contribution in [1.29, 1.82) is 0 Å². The number of halogens is 4. The zero-order chi connectivity index (χ0) is 12.5. The largest absolute Gasteiger partial charge is 0.416 e. The summed E-state index contributed by atoms with van der Waals surface area (Å²) in [5, 5.41) is 0. The van der Waals surface area contributed by atoms with Crippen molar-refractivity contribution in [2.75, 3.05) is 0 Å². The van der Waals surface area contributed by atoms with Gasteiger partial charge in [0.1, 0.15) is 0 Å². The van der Waals surface area contributed by atoms with Crippen molar-refractivity contribution in [3.8, 4) is 0 Å². The molecule has 1 heterocycles. The van der Waals surface area contributed by atoms with E-state index < -0.39 is 11.7 Å². The molecule has 1 aromatic heterocycles. The first-order valence-corrected chi connectivity index (χ1v) is 5.58. The molecule has 0 saturated carbocycles. The lowest BCUT2D eigenvalue weighted by Crippen LogP contribution is -2.11. The standard InChI is InChI=1S/C11H8BrF3N2/c12-10-3-1-2-9(11(13,14)15)8(10)6-17-5-4-16-7-17/h1-5,7H,6H2. The zero-order valence-corrected chi connectivity index (χ0v) is 10.2.